The summed E-state index contributed by atoms with van der Waals surface area (Å²) in [6.07, 6.45) is 4.96. The van der Waals surface area contributed by atoms with Crippen LogP contribution in [0.3, 0.4) is 0 Å². The number of ether oxygens (including phenoxy) is 1. The van der Waals surface area contributed by atoms with E-state index in [1.165, 1.54) is 4.90 Å². The zero-order valence-electron chi connectivity index (χ0n) is 11.6. The molecule has 1 aromatic carbocycles. The quantitative estimate of drug-likeness (QED) is 0.710. The SMILES string of the molecule is C#Cc1ccc(N(C)C(=O)OC(C)(C)C)c(C)c1. The molecule has 1 aromatic rings. The molecule has 0 spiro atoms. The van der Waals surface area contributed by atoms with Gasteiger partial charge in [-0.05, 0) is 51.5 Å². The Bertz CT molecular complexity index is 492. The molecule has 0 saturated heterocycles. The molecule has 96 valence electrons. The maximum Gasteiger partial charge on any atom is 0.414 e. The van der Waals surface area contributed by atoms with Crippen LogP contribution in [0.4, 0.5) is 10.5 Å². The van der Waals surface area contributed by atoms with Gasteiger partial charge in [0.05, 0.1) is 0 Å². The molecule has 1 amide bonds. The highest BCUT2D eigenvalue weighted by Gasteiger charge is 2.21. The third-order valence-corrected chi connectivity index (χ3v) is 2.39. The molecule has 3 heteroatoms. The van der Waals surface area contributed by atoms with E-state index in [1.54, 1.807) is 7.05 Å². The van der Waals surface area contributed by atoms with Crippen LogP contribution in [0.5, 0.6) is 0 Å². The Labute approximate surface area is 109 Å². The maximum absolute atomic E-state index is 11.9. The largest absolute Gasteiger partial charge is 0.443 e. The smallest absolute Gasteiger partial charge is 0.414 e. The molecule has 0 bridgehead atoms. The first-order valence-electron chi connectivity index (χ1n) is 5.78. The summed E-state index contributed by atoms with van der Waals surface area (Å²) in [5.41, 5.74) is 2.04. The van der Waals surface area contributed by atoms with Gasteiger partial charge in [0.2, 0.25) is 0 Å². The van der Waals surface area contributed by atoms with Gasteiger partial charge in [-0.15, -0.1) is 6.42 Å². The second-order valence-electron chi connectivity index (χ2n) is 5.18. The molecule has 0 radical (unpaired) electrons. The summed E-state index contributed by atoms with van der Waals surface area (Å²) < 4.78 is 5.31. The van der Waals surface area contributed by atoms with Gasteiger partial charge in [0, 0.05) is 18.3 Å². The lowest BCUT2D eigenvalue weighted by atomic mass is 10.1. The first-order valence-corrected chi connectivity index (χ1v) is 5.78. The Balaban J connectivity index is 2.94. The average Bonchev–Trinajstić information content (AvgIpc) is 2.25. The van der Waals surface area contributed by atoms with Crippen LogP contribution in [0.2, 0.25) is 0 Å². The third kappa shape index (κ3) is 3.53. The number of aryl methyl sites for hydroxylation is 1. The molecule has 3 nitrogen and oxygen atoms in total. The Morgan fingerprint density at radius 3 is 2.44 bits per heavy atom. The number of hydrogen-bond acceptors (Lipinski definition) is 2. The van der Waals surface area contributed by atoms with Gasteiger partial charge >= 0.3 is 6.09 Å². The van der Waals surface area contributed by atoms with E-state index in [4.69, 9.17) is 11.2 Å². The van der Waals surface area contributed by atoms with Gasteiger partial charge in [-0.25, -0.2) is 4.79 Å². The van der Waals surface area contributed by atoms with Crippen LogP contribution in [-0.4, -0.2) is 18.7 Å². The first kappa shape index (κ1) is 14.1. The molecular weight excluding hydrogens is 226 g/mol. The minimum absolute atomic E-state index is 0.376. The molecule has 0 aliphatic rings. The minimum Gasteiger partial charge on any atom is -0.443 e. The van der Waals surface area contributed by atoms with E-state index in [1.807, 2.05) is 45.9 Å². The maximum atomic E-state index is 11.9. The summed E-state index contributed by atoms with van der Waals surface area (Å²) in [4.78, 5) is 13.4. The highest BCUT2D eigenvalue weighted by atomic mass is 16.6. The molecule has 0 heterocycles. The van der Waals surface area contributed by atoms with Crippen molar-refractivity contribution in [2.75, 3.05) is 11.9 Å². The highest BCUT2D eigenvalue weighted by molar-refractivity contribution is 5.88. The van der Waals surface area contributed by atoms with E-state index >= 15 is 0 Å². The minimum atomic E-state index is -0.502. The van der Waals surface area contributed by atoms with Crippen LogP contribution in [0, 0.1) is 19.3 Å². The summed E-state index contributed by atoms with van der Waals surface area (Å²) in [6.45, 7) is 7.43. The van der Waals surface area contributed by atoms with E-state index in [-0.39, 0.29) is 6.09 Å². The standard InChI is InChI=1S/C15H19NO2/c1-7-12-8-9-13(11(2)10-12)16(6)14(17)18-15(3,4)5/h1,8-10H,2-6H3. The van der Waals surface area contributed by atoms with Crippen molar-refractivity contribution in [1.29, 1.82) is 0 Å². The van der Waals surface area contributed by atoms with Gasteiger partial charge in [0.1, 0.15) is 5.60 Å². The summed E-state index contributed by atoms with van der Waals surface area (Å²) in [6, 6.07) is 5.51. The number of hydrogen-bond donors (Lipinski definition) is 0. The van der Waals surface area contributed by atoms with Crippen LogP contribution < -0.4 is 4.90 Å². The van der Waals surface area contributed by atoms with Crippen LogP contribution in [0.25, 0.3) is 0 Å². The number of amides is 1. The Morgan fingerprint density at radius 1 is 1.39 bits per heavy atom. The average molecular weight is 245 g/mol. The highest BCUT2D eigenvalue weighted by Crippen LogP contribution is 2.22. The zero-order valence-corrected chi connectivity index (χ0v) is 11.6. The molecule has 0 atom stereocenters. The van der Waals surface area contributed by atoms with Crippen LogP contribution in [-0.2, 0) is 4.74 Å². The molecule has 0 unspecified atom stereocenters. The van der Waals surface area contributed by atoms with Gasteiger partial charge in [-0.1, -0.05) is 5.92 Å². The van der Waals surface area contributed by atoms with E-state index in [9.17, 15) is 4.79 Å². The Hall–Kier alpha value is -1.95. The number of anilines is 1. The van der Waals surface area contributed by atoms with Gasteiger partial charge in [-0.2, -0.15) is 0 Å². The topological polar surface area (TPSA) is 29.5 Å². The van der Waals surface area contributed by atoms with Crippen molar-refractivity contribution >= 4 is 11.8 Å². The van der Waals surface area contributed by atoms with E-state index in [0.29, 0.717) is 0 Å². The van der Waals surface area contributed by atoms with Crippen molar-refractivity contribution in [2.45, 2.75) is 33.3 Å². The van der Waals surface area contributed by atoms with Crippen molar-refractivity contribution in [3.05, 3.63) is 29.3 Å². The van der Waals surface area contributed by atoms with E-state index in [0.717, 1.165) is 16.8 Å². The summed E-state index contributed by atoms with van der Waals surface area (Å²) in [5.74, 6) is 2.57. The number of benzene rings is 1. The van der Waals surface area contributed by atoms with Crippen molar-refractivity contribution in [2.24, 2.45) is 0 Å². The van der Waals surface area contributed by atoms with Crippen molar-refractivity contribution in [3.8, 4) is 12.3 Å². The molecule has 18 heavy (non-hydrogen) atoms. The number of carbonyl (C=O) groups excluding carboxylic acids is 1. The zero-order chi connectivity index (χ0) is 13.9. The van der Waals surface area contributed by atoms with Gasteiger partial charge < -0.3 is 4.74 Å². The van der Waals surface area contributed by atoms with Crippen LogP contribution >= 0.6 is 0 Å². The van der Waals surface area contributed by atoms with Crippen LogP contribution in [0.15, 0.2) is 18.2 Å². The normalized spacial score (nSPS) is 10.7. The lowest BCUT2D eigenvalue weighted by molar-refractivity contribution is 0.0589. The molecule has 1 rings (SSSR count). The predicted octanol–water partition coefficient (Wildman–Crippen LogP) is 3.35. The molecule has 0 aromatic heterocycles. The lowest BCUT2D eigenvalue weighted by Gasteiger charge is -2.25. The third-order valence-electron chi connectivity index (χ3n) is 2.39. The van der Waals surface area contributed by atoms with Crippen molar-refractivity contribution in [1.82, 2.24) is 0 Å². The number of nitrogens with zero attached hydrogens (tertiary/aromatic N) is 1. The Kier molecular flexibility index (Phi) is 4.03. The number of terminal acetylenes is 1. The molecule has 0 saturated carbocycles. The monoisotopic (exact) mass is 245 g/mol. The predicted molar refractivity (Wildman–Crippen MR) is 73.8 cm³/mol. The Morgan fingerprint density at radius 2 is 2.00 bits per heavy atom. The van der Waals surface area contributed by atoms with E-state index in [2.05, 4.69) is 5.92 Å². The molecule has 0 N–H and O–H groups in total. The molecule has 0 fully saturated rings. The van der Waals surface area contributed by atoms with Gasteiger partial charge in [0.25, 0.3) is 0 Å². The molecular formula is C15H19NO2. The molecule has 0 aliphatic carbocycles. The van der Waals surface area contributed by atoms with Crippen molar-refractivity contribution < 1.29 is 9.53 Å². The second kappa shape index (κ2) is 5.14. The lowest BCUT2D eigenvalue weighted by Crippen LogP contribution is -2.34. The first-order chi connectivity index (χ1) is 8.24. The van der Waals surface area contributed by atoms with Crippen LogP contribution in [0.1, 0.15) is 31.9 Å². The summed E-state index contributed by atoms with van der Waals surface area (Å²) >= 11 is 0. The van der Waals surface area contributed by atoms with Gasteiger partial charge in [0.15, 0.2) is 0 Å². The number of carbonyl (C=O) groups is 1. The fraction of sp³-hybridized carbons (Fsp3) is 0.400. The molecule has 0 aliphatic heterocycles. The summed E-state index contributed by atoms with van der Waals surface area (Å²) in [5, 5.41) is 0. The van der Waals surface area contributed by atoms with Gasteiger partial charge in [-0.3, -0.25) is 4.90 Å². The second-order valence-corrected chi connectivity index (χ2v) is 5.18. The van der Waals surface area contributed by atoms with E-state index < -0.39 is 5.60 Å². The van der Waals surface area contributed by atoms with Crippen molar-refractivity contribution in [3.63, 3.8) is 0 Å². The fourth-order valence-electron chi connectivity index (χ4n) is 1.55. The fourth-order valence-corrected chi connectivity index (χ4v) is 1.55. The number of rotatable bonds is 1. The summed E-state index contributed by atoms with van der Waals surface area (Å²) in [7, 11) is 1.69.